The van der Waals surface area contributed by atoms with Crippen molar-refractivity contribution in [3.05, 3.63) is 63.6 Å². The van der Waals surface area contributed by atoms with Crippen molar-refractivity contribution in [2.45, 2.75) is 20.0 Å². The van der Waals surface area contributed by atoms with Crippen molar-refractivity contribution < 1.29 is 4.39 Å². The minimum Gasteiger partial charge on any atom is -0.326 e. The summed E-state index contributed by atoms with van der Waals surface area (Å²) in [6.45, 7) is 2.44. The number of rotatable bonds is 3. The quantitative estimate of drug-likeness (QED) is 0.886. The van der Waals surface area contributed by atoms with Crippen LogP contribution in [0.15, 0.2) is 35.4 Å². The zero-order valence-electron chi connectivity index (χ0n) is 10.1. The number of hydrogen-bond donors (Lipinski definition) is 1. The third-order valence-electron chi connectivity index (χ3n) is 2.71. The maximum atomic E-state index is 13.1. The molecule has 0 aliphatic rings. The fraction of sp³-hybridized carbons (Fsp3) is 0.231. The van der Waals surface area contributed by atoms with Gasteiger partial charge < -0.3 is 5.73 Å². The van der Waals surface area contributed by atoms with Crippen molar-refractivity contribution in [3.63, 3.8) is 0 Å². The molecule has 0 saturated heterocycles. The van der Waals surface area contributed by atoms with Crippen LogP contribution in [0.1, 0.15) is 16.7 Å². The van der Waals surface area contributed by atoms with E-state index in [0.717, 1.165) is 11.1 Å². The lowest BCUT2D eigenvalue weighted by Gasteiger charge is -2.10. The summed E-state index contributed by atoms with van der Waals surface area (Å²) >= 11 is 0. The fourth-order valence-corrected chi connectivity index (χ4v) is 1.80. The van der Waals surface area contributed by atoms with Crippen LogP contribution in [0, 0.1) is 12.7 Å². The lowest BCUT2D eigenvalue weighted by Crippen LogP contribution is -2.23. The molecular weight excluding hydrogens is 233 g/mol. The number of hydrogen-bond acceptors (Lipinski definition) is 3. The highest BCUT2D eigenvalue weighted by molar-refractivity contribution is 5.28. The van der Waals surface area contributed by atoms with Crippen LogP contribution in [0.2, 0.25) is 0 Å². The molecule has 2 aromatic rings. The Morgan fingerprint density at radius 1 is 1.39 bits per heavy atom. The Bertz CT molecular complexity index is 622. The van der Waals surface area contributed by atoms with Gasteiger partial charge in [0, 0.05) is 18.9 Å². The highest BCUT2D eigenvalue weighted by atomic mass is 19.1. The Balaban J connectivity index is 2.39. The van der Waals surface area contributed by atoms with E-state index in [1.54, 1.807) is 12.3 Å². The average Bonchev–Trinajstić information content (AvgIpc) is 2.36. The molecule has 2 rings (SSSR count). The lowest BCUT2D eigenvalue weighted by molar-refractivity contribution is 0.622. The predicted molar refractivity (Wildman–Crippen MR) is 66.6 cm³/mol. The summed E-state index contributed by atoms with van der Waals surface area (Å²) < 4.78 is 14.6. The molecule has 0 amide bonds. The topological polar surface area (TPSA) is 60.9 Å². The van der Waals surface area contributed by atoms with E-state index in [2.05, 4.69) is 4.98 Å². The molecule has 1 aromatic heterocycles. The molecule has 1 heterocycles. The molecule has 0 atom stereocenters. The normalized spacial score (nSPS) is 10.6. The monoisotopic (exact) mass is 247 g/mol. The van der Waals surface area contributed by atoms with Gasteiger partial charge in [0.05, 0.1) is 6.54 Å². The minimum atomic E-state index is -0.326. The Morgan fingerprint density at radius 2 is 2.17 bits per heavy atom. The van der Waals surface area contributed by atoms with Gasteiger partial charge in [0.15, 0.2) is 0 Å². The van der Waals surface area contributed by atoms with Gasteiger partial charge in [-0.15, -0.1) is 0 Å². The summed E-state index contributed by atoms with van der Waals surface area (Å²) in [5, 5.41) is 0. The Hall–Kier alpha value is -2.01. The first-order valence-corrected chi connectivity index (χ1v) is 5.60. The number of aryl methyl sites for hydroxylation is 1. The maximum absolute atomic E-state index is 13.1. The first-order valence-electron chi connectivity index (χ1n) is 5.60. The summed E-state index contributed by atoms with van der Waals surface area (Å²) in [5.41, 5.74) is 7.66. The summed E-state index contributed by atoms with van der Waals surface area (Å²) in [6.07, 6.45) is 3.24. The molecule has 0 bridgehead atoms. The van der Waals surface area contributed by atoms with Gasteiger partial charge in [-0.1, -0.05) is 6.07 Å². The van der Waals surface area contributed by atoms with Crippen molar-refractivity contribution in [3.8, 4) is 0 Å². The van der Waals surface area contributed by atoms with Gasteiger partial charge in [-0.2, -0.15) is 0 Å². The van der Waals surface area contributed by atoms with Crippen molar-refractivity contribution >= 4 is 0 Å². The second-order valence-electron chi connectivity index (χ2n) is 4.16. The first-order chi connectivity index (χ1) is 8.60. The van der Waals surface area contributed by atoms with Gasteiger partial charge in [0.2, 0.25) is 0 Å². The largest absolute Gasteiger partial charge is 0.347 e. The van der Waals surface area contributed by atoms with Gasteiger partial charge in [-0.05, 0) is 35.7 Å². The van der Waals surface area contributed by atoms with Crippen LogP contribution in [0.4, 0.5) is 4.39 Å². The van der Waals surface area contributed by atoms with Crippen LogP contribution < -0.4 is 11.4 Å². The molecule has 1 aromatic carbocycles. The SMILES string of the molecule is Cc1cnc(=O)n(Cc2ccc(F)cc2CN)c1. The van der Waals surface area contributed by atoms with E-state index in [1.165, 1.54) is 22.9 Å². The molecule has 0 radical (unpaired) electrons. The van der Waals surface area contributed by atoms with E-state index in [0.29, 0.717) is 12.1 Å². The number of benzene rings is 1. The van der Waals surface area contributed by atoms with E-state index >= 15 is 0 Å². The summed E-state index contributed by atoms with van der Waals surface area (Å²) in [5.74, 6) is -0.325. The fourth-order valence-electron chi connectivity index (χ4n) is 1.80. The van der Waals surface area contributed by atoms with E-state index < -0.39 is 0 Å². The average molecular weight is 247 g/mol. The highest BCUT2D eigenvalue weighted by Gasteiger charge is 2.05. The number of nitrogens with zero attached hydrogens (tertiary/aromatic N) is 2. The lowest BCUT2D eigenvalue weighted by atomic mass is 10.1. The van der Waals surface area contributed by atoms with Crippen molar-refractivity contribution in [1.29, 1.82) is 0 Å². The molecule has 0 aliphatic carbocycles. The van der Waals surface area contributed by atoms with E-state index in [1.807, 2.05) is 6.92 Å². The molecule has 0 saturated carbocycles. The van der Waals surface area contributed by atoms with Crippen LogP contribution >= 0.6 is 0 Å². The second-order valence-corrected chi connectivity index (χ2v) is 4.16. The third kappa shape index (κ3) is 2.62. The minimum absolute atomic E-state index is 0.237. The molecule has 0 spiro atoms. The van der Waals surface area contributed by atoms with Gasteiger partial charge in [0.1, 0.15) is 5.82 Å². The smallest absolute Gasteiger partial charge is 0.326 e. The zero-order valence-corrected chi connectivity index (χ0v) is 10.1. The standard InChI is InChI=1S/C13H14FN3O/c1-9-6-16-13(18)17(7-9)8-10-2-3-12(14)4-11(10)5-15/h2-4,6-7H,5,8,15H2,1H3. The molecule has 2 N–H and O–H groups in total. The van der Waals surface area contributed by atoms with E-state index in [4.69, 9.17) is 5.73 Å². The van der Waals surface area contributed by atoms with Crippen molar-refractivity contribution in [2.24, 2.45) is 5.73 Å². The van der Waals surface area contributed by atoms with Crippen LogP contribution in [0.25, 0.3) is 0 Å². The molecule has 94 valence electrons. The Labute approximate surface area is 104 Å². The first kappa shape index (κ1) is 12.4. The Kier molecular flexibility index (Phi) is 3.53. The van der Waals surface area contributed by atoms with E-state index in [9.17, 15) is 9.18 Å². The maximum Gasteiger partial charge on any atom is 0.347 e. The van der Waals surface area contributed by atoms with Crippen LogP contribution in [-0.2, 0) is 13.1 Å². The predicted octanol–water partition coefficient (Wildman–Crippen LogP) is 1.20. The molecule has 0 unspecified atom stereocenters. The van der Waals surface area contributed by atoms with Crippen LogP contribution in [0.5, 0.6) is 0 Å². The number of halogens is 1. The van der Waals surface area contributed by atoms with Gasteiger partial charge in [-0.3, -0.25) is 4.57 Å². The molecular formula is C13H14FN3O. The van der Waals surface area contributed by atoms with E-state index in [-0.39, 0.29) is 18.1 Å². The van der Waals surface area contributed by atoms with Crippen molar-refractivity contribution in [1.82, 2.24) is 9.55 Å². The molecule has 18 heavy (non-hydrogen) atoms. The Morgan fingerprint density at radius 3 is 2.89 bits per heavy atom. The van der Waals surface area contributed by atoms with Crippen LogP contribution in [0.3, 0.4) is 0 Å². The number of aromatic nitrogens is 2. The highest BCUT2D eigenvalue weighted by Crippen LogP contribution is 2.12. The molecule has 5 heteroatoms. The number of nitrogens with two attached hydrogens (primary N) is 1. The zero-order chi connectivity index (χ0) is 13.1. The van der Waals surface area contributed by atoms with Gasteiger partial charge in [0.25, 0.3) is 0 Å². The van der Waals surface area contributed by atoms with Crippen molar-refractivity contribution in [2.75, 3.05) is 0 Å². The van der Waals surface area contributed by atoms with Crippen LogP contribution in [-0.4, -0.2) is 9.55 Å². The molecule has 0 fully saturated rings. The summed E-state index contributed by atoms with van der Waals surface area (Å²) in [6, 6.07) is 4.40. The second kappa shape index (κ2) is 5.10. The van der Waals surface area contributed by atoms with Gasteiger partial charge in [-0.25, -0.2) is 14.2 Å². The van der Waals surface area contributed by atoms with Gasteiger partial charge >= 0.3 is 5.69 Å². The molecule has 4 nitrogen and oxygen atoms in total. The summed E-state index contributed by atoms with van der Waals surface area (Å²) in [4.78, 5) is 15.3. The molecule has 0 aliphatic heterocycles. The summed E-state index contributed by atoms with van der Waals surface area (Å²) in [7, 11) is 0. The third-order valence-corrected chi connectivity index (χ3v) is 2.71.